The molecule has 5 fully saturated rings. The summed E-state index contributed by atoms with van der Waals surface area (Å²) in [5, 5.41) is 16.4. The van der Waals surface area contributed by atoms with Crippen molar-refractivity contribution in [1.29, 1.82) is 5.26 Å². The van der Waals surface area contributed by atoms with Crippen LogP contribution in [0, 0.1) is 29.1 Å². The molecule has 2 bridgehead atoms. The predicted molar refractivity (Wildman–Crippen MR) is 125 cm³/mol. The summed E-state index contributed by atoms with van der Waals surface area (Å²) in [6.45, 7) is 0.489. The van der Waals surface area contributed by atoms with E-state index in [-0.39, 0.29) is 37.5 Å². The lowest BCUT2D eigenvalue weighted by atomic mass is 9.71. The number of nitrogens with one attached hydrogen (secondary N) is 3. The second-order valence-corrected chi connectivity index (χ2v) is 11.1. The molecule has 0 aromatic heterocycles. The Morgan fingerprint density at radius 2 is 1.79 bits per heavy atom. The van der Waals surface area contributed by atoms with Crippen LogP contribution < -0.4 is 16.0 Å². The number of fused-ring (bicyclic) bond motifs is 3. The molecule has 14 heteroatoms. The van der Waals surface area contributed by atoms with Crippen LogP contribution in [0.1, 0.15) is 64.2 Å². The van der Waals surface area contributed by atoms with Crippen LogP contribution in [0.4, 0.5) is 22.0 Å². The fourth-order valence-electron chi connectivity index (χ4n) is 6.27. The number of carbonyl (C=O) groups excluding carboxylic acids is 4. The number of hydrogen-bond donors (Lipinski definition) is 3. The number of halogens is 5. The van der Waals surface area contributed by atoms with E-state index in [0.29, 0.717) is 32.2 Å². The van der Waals surface area contributed by atoms with Gasteiger partial charge in [-0.2, -0.15) is 18.4 Å². The summed E-state index contributed by atoms with van der Waals surface area (Å²) in [7, 11) is 0. The molecule has 5 aliphatic rings. The molecular weight excluding hydrogens is 529 g/mol. The Balaban J connectivity index is 1.57. The average molecular weight is 562 g/mol. The zero-order valence-corrected chi connectivity index (χ0v) is 21.2. The topological polar surface area (TPSA) is 131 Å². The summed E-state index contributed by atoms with van der Waals surface area (Å²) in [5.74, 6) is -10.2. The van der Waals surface area contributed by atoms with Crippen LogP contribution in [-0.2, 0) is 19.2 Å². The molecule has 0 aromatic carbocycles. The largest absolute Gasteiger partial charge is 0.471 e. The van der Waals surface area contributed by atoms with Gasteiger partial charge in [-0.15, -0.1) is 0 Å². The quantitative estimate of drug-likeness (QED) is 0.391. The highest BCUT2D eigenvalue weighted by molar-refractivity contribution is 5.94. The van der Waals surface area contributed by atoms with Crippen LogP contribution in [0.25, 0.3) is 0 Å². The second kappa shape index (κ2) is 11.3. The molecule has 4 amide bonds. The summed E-state index contributed by atoms with van der Waals surface area (Å²) in [4.78, 5) is 51.9. The first-order chi connectivity index (χ1) is 18.3. The third-order valence-corrected chi connectivity index (χ3v) is 8.51. The molecule has 216 valence electrons. The van der Waals surface area contributed by atoms with Crippen molar-refractivity contribution in [3.8, 4) is 6.07 Å². The van der Waals surface area contributed by atoms with Gasteiger partial charge in [0.25, 0.3) is 5.92 Å². The summed E-state index contributed by atoms with van der Waals surface area (Å²) in [6.07, 6.45) is -2.84. The Morgan fingerprint density at radius 1 is 1.08 bits per heavy atom. The van der Waals surface area contributed by atoms with E-state index < -0.39 is 72.2 Å². The maximum absolute atomic E-state index is 15.0. The van der Waals surface area contributed by atoms with Crippen molar-refractivity contribution in [1.82, 2.24) is 20.9 Å². The van der Waals surface area contributed by atoms with Crippen LogP contribution in [0.2, 0.25) is 0 Å². The van der Waals surface area contributed by atoms with E-state index in [1.807, 2.05) is 6.07 Å². The molecule has 9 nitrogen and oxygen atoms in total. The van der Waals surface area contributed by atoms with Gasteiger partial charge in [-0.05, 0) is 44.4 Å². The van der Waals surface area contributed by atoms with Crippen LogP contribution in [0.15, 0.2) is 0 Å². The Bertz CT molecular complexity index is 1030. The third-order valence-electron chi connectivity index (χ3n) is 8.51. The number of rotatable bonds is 8. The maximum Gasteiger partial charge on any atom is 0.471 e. The lowest BCUT2D eigenvalue weighted by molar-refractivity contribution is -0.196. The number of alkyl halides is 5. The lowest BCUT2D eigenvalue weighted by Gasteiger charge is -2.54. The van der Waals surface area contributed by atoms with Crippen LogP contribution in [0.5, 0.6) is 0 Å². The van der Waals surface area contributed by atoms with Gasteiger partial charge in [0, 0.05) is 24.9 Å². The zero-order valence-electron chi connectivity index (χ0n) is 21.2. The molecule has 6 atom stereocenters. The first kappa shape index (κ1) is 29.0. The monoisotopic (exact) mass is 561 g/mol. The molecule has 3 aliphatic heterocycles. The van der Waals surface area contributed by atoms with Gasteiger partial charge in [-0.25, -0.2) is 8.78 Å². The van der Waals surface area contributed by atoms with E-state index in [2.05, 4.69) is 10.6 Å². The van der Waals surface area contributed by atoms with Crippen LogP contribution in [0.3, 0.4) is 0 Å². The highest BCUT2D eigenvalue weighted by atomic mass is 19.4. The van der Waals surface area contributed by atoms with Crippen molar-refractivity contribution in [3.63, 3.8) is 0 Å². The fraction of sp³-hybridized carbons (Fsp3) is 0.800. The number of hydrogen-bond acceptors (Lipinski definition) is 5. The fourth-order valence-corrected chi connectivity index (χ4v) is 6.27. The molecule has 0 spiro atoms. The lowest BCUT2D eigenvalue weighted by Crippen LogP contribution is -2.71. The van der Waals surface area contributed by atoms with Crippen molar-refractivity contribution < 1.29 is 41.1 Å². The summed E-state index contributed by atoms with van der Waals surface area (Å²) >= 11 is 0. The van der Waals surface area contributed by atoms with E-state index in [4.69, 9.17) is 0 Å². The number of nitriles is 1. The molecule has 0 aromatic rings. The number of carbonyl (C=O) groups is 4. The van der Waals surface area contributed by atoms with Gasteiger partial charge in [0.15, 0.2) is 0 Å². The van der Waals surface area contributed by atoms with Crippen molar-refractivity contribution in [2.45, 2.75) is 100 Å². The second-order valence-electron chi connectivity index (χ2n) is 11.1. The molecule has 3 saturated heterocycles. The minimum absolute atomic E-state index is 0.0504. The van der Waals surface area contributed by atoms with Crippen molar-refractivity contribution in [2.24, 2.45) is 17.8 Å². The van der Waals surface area contributed by atoms with E-state index in [9.17, 15) is 46.4 Å². The SMILES string of the molecule is N#C[C@@H](C[C@@H]1CCCNC1=O)NC(=O)[C@@H]1[C@@H]2CC[C@@H](CC2(F)F)N1C(=O)[C@@H](CC1CCC1)NC(=O)C(F)(F)F. The van der Waals surface area contributed by atoms with E-state index in [0.717, 1.165) is 11.3 Å². The Kier molecular flexibility index (Phi) is 8.37. The number of amides is 4. The maximum atomic E-state index is 15.0. The molecule has 39 heavy (non-hydrogen) atoms. The smallest absolute Gasteiger partial charge is 0.356 e. The Morgan fingerprint density at radius 3 is 2.36 bits per heavy atom. The van der Waals surface area contributed by atoms with Gasteiger partial charge in [0.1, 0.15) is 18.1 Å². The van der Waals surface area contributed by atoms with Gasteiger partial charge < -0.3 is 20.9 Å². The van der Waals surface area contributed by atoms with Gasteiger partial charge >= 0.3 is 12.1 Å². The molecule has 2 saturated carbocycles. The number of piperidine rings is 3. The first-order valence-electron chi connectivity index (χ1n) is 13.4. The van der Waals surface area contributed by atoms with Crippen LogP contribution in [-0.4, -0.2) is 71.3 Å². The highest BCUT2D eigenvalue weighted by Gasteiger charge is 2.61. The van der Waals surface area contributed by atoms with E-state index in [1.165, 1.54) is 0 Å². The molecule has 2 aliphatic carbocycles. The van der Waals surface area contributed by atoms with Gasteiger partial charge in [-0.1, -0.05) is 19.3 Å². The van der Waals surface area contributed by atoms with Crippen LogP contribution >= 0.6 is 0 Å². The minimum atomic E-state index is -5.26. The zero-order chi connectivity index (χ0) is 28.5. The molecule has 0 unspecified atom stereocenters. The standard InChI is InChI=1S/C25H32F5N5O4/c26-24(27)11-16-6-7-17(24)19(21(37)33-15(12-31)10-14-5-2-8-32-20(14)36)35(16)22(38)18(9-13-3-1-4-13)34-23(39)25(28,29)30/h13-19H,1-11H2,(H,32,36)(H,33,37)(H,34,39)/t14-,15+,16-,17-,18+,19-/m0/s1. The van der Waals surface area contributed by atoms with Gasteiger partial charge in [-0.3, -0.25) is 19.2 Å². The van der Waals surface area contributed by atoms with Crippen molar-refractivity contribution in [3.05, 3.63) is 0 Å². The predicted octanol–water partition coefficient (Wildman–Crippen LogP) is 2.16. The average Bonchev–Trinajstić information content (AvgIpc) is 2.84. The molecule has 3 N–H and O–H groups in total. The molecule has 5 rings (SSSR count). The third kappa shape index (κ3) is 6.27. The summed E-state index contributed by atoms with van der Waals surface area (Å²) in [6, 6.07) is -3.82. The first-order valence-corrected chi connectivity index (χ1v) is 13.4. The Labute approximate surface area is 222 Å². The van der Waals surface area contributed by atoms with Crippen molar-refractivity contribution >= 4 is 23.6 Å². The molecular formula is C25H32F5N5O4. The van der Waals surface area contributed by atoms with E-state index >= 15 is 0 Å². The normalized spacial score (nSPS) is 29.8. The number of nitrogens with zero attached hydrogens (tertiary/aromatic N) is 2. The molecule has 3 heterocycles. The van der Waals surface area contributed by atoms with Crippen molar-refractivity contribution in [2.75, 3.05) is 6.54 Å². The summed E-state index contributed by atoms with van der Waals surface area (Å²) in [5.41, 5.74) is 0. The van der Waals surface area contributed by atoms with Gasteiger partial charge in [0.2, 0.25) is 17.7 Å². The Hall–Kier alpha value is -2.98. The molecule has 0 radical (unpaired) electrons. The minimum Gasteiger partial charge on any atom is -0.356 e. The summed E-state index contributed by atoms with van der Waals surface area (Å²) < 4.78 is 69.1. The highest BCUT2D eigenvalue weighted by Crippen LogP contribution is 2.49. The van der Waals surface area contributed by atoms with E-state index in [1.54, 1.807) is 5.32 Å². The van der Waals surface area contributed by atoms with Gasteiger partial charge in [0.05, 0.1) is 12.0 Å².